The third-order valence-electron chi connectivity index (χ3n) is 5.04. The molecule has 1 N–H and O–H groups in total. The molecule has 136 valence electrons. The molecule has 4 rings (SSSR count). The van der Waals surface area contributed by atoms with E-state index in [1.807, 2.05) is 37.3 Å². The number of hydrogen-bond donors (Lipinski definition) is 1. The Bertz CT molecular complexity index is 1020. The van der Waals surface area contributed by atoms with E-state index in [9.17, 15) is 9.59 Å². The fourth-order valence-electron chi connectivity index (χ4n) is 3.67. The lowest BCUT2D eigenvalue weighted by Gasteiger charge is -2.23. The van der Waals surface area contributed by atoms with E-state index in [-0.39, 0.29) is 18.1 Å². The summed E-state index contributed by atoms with van der Waals surface area (Å²) in [6, 6.07) is 17.2. The van der Waals surface area contributed by atoms with Crippen LogP contribution in [0.2, 0.25) is 0 Å². The number of fused-ring (bicyclic) bond motifs is 1. The fraction of sp³-hybridized carbons (Fsp3) is 0.227. The average molecular weight is 359 g/mol. The number of carbonyl (C=O) groups is 2. The Balaban J connectivity index is 1.82. The molecule has 0 saturated heterocycles. The summed E-state index contributed by atoms with van der Waals surface area (Å²) in [4.78, 5) is 25.5. The summed E-state index contributed by atoms with van der Waals surface area (Å²) in [5.74, 6) is -0.119. The molecule has 0 spiro atoms. The number of Topliss-reactive ketones (excluding diaryl/α,β-unsaturated/α-hetero) is 1. The second-order valence-corrected chi connectivity index (χ2v) is 6.82. The summed E-state index contributed by atoms with van der Waals surface area (Å²) >= 11 is 0. The zero-order valence-corrected chi connectivity index (χ0v) is 15.4. The number of benzene rings is 2. The van der Waals surface area contributed by atoms with Crippen molar-refractivity contribution in [1.29, 1.82) is 0 Å². The SMILES string of the molecule is CCc1cccc(-n2nc(C)c3c2NC(=O)CC3C(=O)c2ccccc2)c1. The predicted octanol–water partition coefficient (Wildman–Crippen LogP) is 4.05. The smallest absolute Gasteiger partial charge is 0.226 e. The first-order valence-electron chi connectivity index (χ1n) is 9.16. The van der Waals surface area contributed by atoms with Crippen LogP contribution in [-0.4, -0.2) is 21.5 Å². The van der Waals surface area contributed by atoms with E-state index < -0.39 is 5.92 Å². The van der Waals surface area contributed by atoms with Crippen molar-refractivity contribution >= 4 is 17.5 Å². The lowest BCUT2D eigenvalue weighted by Crippen LogP contribution is -2.28. The topological polar surface area (TPSA) is 64.0 Å². The number of aromatic nitrogens is 2. The van der Waals surface area contributed by atoms with Gasteiger partial charge in [-0.25, -0.2) is 4.68 Å². The summed E-state index contributed by atoms with van der Waals surface area (Å²) in [5, 5.41) is 7.58. The van der Waals surface area contributed by atoms with Crippen LogP contribution in [0.25, 0.3) is 5.69 Å². The van der Waals surface area contributed by atoms with Crippen molar-refractivity contribution in [2.45, 2.75) is 32.6 Å². The Morgan fingerprint density at radius 2 is 1.96 bits per heavy atom. The molecular formula is C22H21N3O2. The lowest BCUT2D eigenvalue weighted by molar-refractivity contribution is -0.116. The van der Waals surface area contributed by atoms with Crippen LogP contribution in [0.15, 0.2) is 54.6 Å². The number of ketones is 1. The van der Waals surface area contributed by atoms with Crippen molar-refractivity contribution in [3.63, 3.8) is 0 Å². The first-order valence-corrected chi connectivity index (χ1v) is 9.16. The standard InChI is InChI=1S/C22H21N3O2/c1-3-15-8-7-11-17(12-15)25-22-20(14(2)24-25)18(13-19(26)23-22)21(27)16-9-5-4-6-10-16/h4-12,18H,3,13H2,1-2H3,(H,23,26). The van der Waals surface area contributed by atoms with E-state index in [2.05, 4.69) is 29.5 Å². The molecule has 1 atom stereocenters. The number of hydrogen-bond acceptors (Lipinski definition) is 3. The van der Waals surface area contributed by atoms with Gasteiger partial charge in [0.15, 0.2) is 5.78 Å². The van der Waals surface area contributed by atoms with Crippen LogP contribution in [0.4, 0.5) is 5.82 Å². The third kappa shape index (κ3) is 3.05. The molecule has 1 aliphatic heterocycles. The van der Waals surface area contributed by atoms with Gasteiger partial charge >= 0.3 is 0 Å². The molecule has 1 aliphatic rings. The van der Waals surface area contributed by atoms with Gasteiger partial charge in [-0.1, -0.05) is 49.4 Å². The van der Waals surface area contributed by atoms with E-state index in [0.717, 1.165) is 23.4 Å². The number of amides is 1. The minimum atomic E-state index is -0.515. The summed E-state index contributed by atoms with van der Waals surface area (Å²) in [5.41, 5.74) is 4.26. The second kappa shape index (κ2) is 6.83. The molecule has 0 aliphatic carbocycles. The third-order valence-corrected chi connectivity index (χ3v) is 5.04. The van der Waals surface area contributed by atoms with Gasteiger partial charge in [-0.05, 0) is 31.0 Å². The largest absolute Gasteiger partial charge is 0.310 e. The van der Waals surface area contributed by atoms with Gasteiger partial charge in [0, 0.05) is 17.5 Å². The average Bonchev–Trinajstić information content (AvgIpc) is 3.04. The number of aryl methyl sites for hydroxylation is 2. The monoisotopic (exact) mass is 359 g/mol. The summed E-state index contributed by atoms with van der Waals surface area (Å²) in [6.07, 6.45) is 1.06. The number of nitrogens with one attached hydrogen (secondary N) is 1. The maximum absolute atomic E-state index is 13.1. The summed E-state index contributed by atoms with van der Waals surface area (Å²) in [7, 11) is 0. The maximum atomic E-state index is 13.1. The Kier molecular flexibility index (Phi) is 4.36. The minimum absolute atomic E-state index is 0.0448. The van der Waals surface area contributed by atoms with Crippen molar-refractivity contribution in [2.75, 3.05) is 5.32 Å². The van der Waals surface area contributed by atoms with Crippen LogP contribution in [0.3, 0.4) is 0 Å². The maximum Gasteiger partial charge on any atom is 0.226 e. The number of rotatable bonds is 4. The van der Waals surface area contributed by atoms with Crippen LogP contribution < -0.4 is 5.32 Å². The van der Waals surface area contributed by atoms with Crippen molar-refractivity contribution in [1.82, 2.24) is 9.78 Å². The van der Waals surface area contributed by atoms with E-state index >= 15 is 0 Å². The highest BCUT2D eigenvalue weighted by Crippen LogP contribution is 2.38. The predicted molar refractivity (Wildman–Crippen MR) is 104 cm³/mol. The van der Waals surface area contributed by atoms with Crippen molar-refractivity contribution in [2.24, 2.45) is 0 Å². The van der Waals surface area contributed by atoms with Gasteiger partial charge in [-0.2, -0.15) is 5.10 Å². The molecular weight excluding hydrogens is 338 g/mol. The van der Waals surface area contributed by atoms with Crippen molar-refractivity contribution < 1.29 is 9.59 Å². The van der Waals surface area contributed by atoms with E-state index in [1.54, 1.807) is 16.8 Å². The fourth-order valence-corrected chi connectivity index (χ4v) is 3.67. The Morgan fingerprint density at radius 3 is 2.70 bits per heavy atom. The first kappa shape index (κ1) is 17.2. The van der Waals surface area contributed by atoms with E-state index in [1.165, 1.54) is 5.56 Å². The quantitative estimate of drug-likeness (QED) is 0.715. The van der Waals surface area contributed by atoms with E-state index in [0.29, 0.717) is 11.4 Å². The van der Waals surface area contributed by atoms with Gasteiger partial charge in [-0.15, -0.1) is 0 Å². The highest BCUT2D eigenvalue weighted by atomic mass is 16.2. The molecule has 0 bridgehead atoms. The molecule has 3 aromatic rings. The van der Waals surface area contributed by atoms with E-state index in [4.69, 9.17) is 0 Å². The zero-order chi connectivity index (χ0) is 19.0. The molecule has 0 fully saturated rings. The van der Waals surface area contributed by atoms with Gasteiger partial charge in [-0.3, -0.25) is 9.59 Å². The molecule has 2 heterocycles. The van der Waals surface area contributed by atoms with Crippen LogP contribution in [0.1, 0.15) is 46.4 Å². The van der Waals surface area contributed by atoms with Crippen molar-refractivity contribution in [3.05, 3.63) is 77.0 Å². The van der Waals surface area contributed by atoms with Crippen molar-refractivity contribution in [3.8, 4) is 5.69 Å². The Labute approximate surface area is 158 Å². The van der Waals surface area contributed by atoms with Gasteiger partial charge in [0.2, 0.25) is 5.91 Å². The summed E-state index contributed by atoms with van der Waals surface area (Å²) < 4.78 is 1.74. The number of nitrogens with zero attached hydrogens (tertiary/aromatic N) is 2. The molecule has 1 unspecified atom stereocenters. The molecule has 5 heteroatoms. The number of anilines is 1. The molecule has 5 nitrogen and oxygen atoms in total. The zero-order valence-electron chi connectivity index (χ0n) is 15.4. The van der Waals surface area contributed by atoms with Gasteiger partial charge < -0.3 is 5.32 Å². The van der Waals surface area contributed by atoms with Crippen LogP contribution in [0.5, 0.6) is 0 Å². The molecule has 2 aromatic carbocycles. The molecule has 0 saturated carbocycles. The second-order valence-electron chi connectivity index (χ2n) is 6.82. The van der Waals surface area contributed by atoms with Crippen LogP contribution >= 0.6 is 0 Å². The molecule has 0 radical (unpaired) electrons. The highest BCUT2D eigenvalue weighted by Gasteiger charge is 2.36. The van der Waals surface area contributed by atoms with Gasteiger partial charge in [0.05, 0.1) is 17.3 Å². The molecule has 1 aromatic heterocycles. The first-order chi connectivity index (χ1) is 13.1. The highest BCUT2D eigenvalue weighted by molar-refractivity contribution is 6.07. The van der Waals surface area contributed by atoms with Gasteiger partial charge in [0.25, 0.3) is 0 Å². The van der Waals surface area contributed by atoms with Crippen LogP contribution in [-0.2, 0) is 11.2 Å². The Hall–Kier alpha value is -3.21. The molecule has 1 amide bonds. The molecule has 27 heavy (non-hydrogen) atoms. The number of carbonyl (C=O) groups excluding carboxylic acids is 2. The summed E-state index contributed by atoms with van der Waals surface area (Å²) in [6.45, 7) is 3.99. The van der Waals surface area contributed by atoms with Gasteiger partial charge in [0.1, 0.15) is 5.82 Å². The lowest BCUT2D eigenvalue weighted by atomic mass is 9.85. The van der Waals surface area contributed by atoms with Crippen LogP contribution in [0, 0.1) is 6.92 Å². The minimum Gasteiger partial charge on any atom is -0.310 e. The Morgan fingerprint density at radius 1 is 1.19 bits per heavy atom. The normalized spacial score (nSPS) is 15.9.